The number of hydrogen-bond acceptors (Lipinski definition) is 5. The molecule has 0 saturated heterocycles. The van der Waals surface area contributed by atoms with Crippen LogP contribution in [0.25, 0.3) is 0 Å². The van der Waals surface area contributed by atoms with Gasteiger partial charge >= 0.3 is 0 Å². The maximum absolute atomic E-state index is 9.00. The predicted molar refractivity (Wildman–Crippen MR) is 50.6 cm³/mol. The van der Waals surface area contributed by atoms with Crippen molar-refractivity contribution in [3.63, 3.8) is 0 Å². The van der Waals surface area contributed by atoms with E-state index in [1.165, 1.54) is 0 Å². The first-order chi connectivity index (χ1) is 6.93. The molecule has 0 aliphatic heterocycles. The number of hydrogen-bond donors (Lipinski definition) is 3. The molecule has 0 saturated carbocycles. The molecule has 0 unspecified atom stereocenters. The predicted octanol–water partition coefficient (Wildman–Crippen LogP) is -0.971. The zero-order valence-electron chi connectivity index (χ0n) is 9.88. The molecule has 8 nitrogen and oxygen atoms in total. The van der Waals surface area contributed by atoms with Crippen molar-refractivity contribution in [2.75, 3.05) is 0 Å². The van der Waals surface area contributed by atoms with Crippen LogP contribution in [0.5, 0.6) is 0 Å². The van der Waals surface area contributed by atoms with Crippen LogP contribution in [0, 0.1) is 39.9 Å². The summed E-state index contributed by atoms with van der Waals surface area (Å²) in [6.07, 6.45) is 0. The topological polar surface area (TPSA) is 152 Å². The van der Waals surface area contributed by atoms with E-state index in [4.69, 9.17) is 39.6 Å². The van der Waals surface area contributed by atoms with Crippen molar-refractivity contribution in [1.29, 1.82) is 0 Å². The first kappa shape index (κ1) is 29.8. The smallest absolute Gasteiger partial charge is 0.300 e. The summed E-state index contributed by atoms with van der Waals surface area (Å²) in [6, 6.07) is 0. The zero-order chi connectivity index (χ0) is 14.3. The molecule has 0 aromatic heterocycles. The maximum Gasteiger partial charge on any atom is 0.300 e. The minimum atomic E-state index is -1.08. The van der Waals surface area contributed by atoms with E-state index in [-0.39, 0.29) is 39.9 Å². The Morgan fingerprint density at radius 3 is 0.706 bits per heavy atom. The number of aliphatic carboxylic acids is 4. The average Bonchev–Trinajstić information content (AvgIpc) is 1.76. The largest absolute Gasteiger partial charge is 0.550 e. The summed E-state index contributed by atoms with van der Waals surface area (Å²) in [7, 11) is 0. The van der Waals surface area contributed by atoms with Gasteiger partial charge in [-0.3, -0.25) is 14.4 Å². The molecule has 9 heteroatoms. The van der Waals surface area contributed by atoms with Crippen molar-refractivity contribution in [2.45, 2.75) is 27.7 Å². The summed E-state index contributed by atoms with van der Waals surface area (Å²) in [5.74, 6) is -3.58. The van der Waals surface area contributed by atoms with Gasteiger partial charge in [-0.2, -0.15) is 0 Å². The fraction of sp³-hybridized carbons (Fsp3) is 0.500. The third kappa shape index (κ3) is 4190. The van der Waals surface area contributed by atoms with Crippen molar-refractivity contribution in [3.05, 3.63) is 0 Å². The molecule has 0 aromatic rings. The molecule has 0 heterocycles. The van der Waals surface area contributed by atoms with E-state index in [2.05, 4.69) is 0 Å². The maximum atomic E-state index is 9.00. The quantitative estimate of drug-likeness (QED) is 0.408. The Morgan fingerprint density at radius 1 is 0.706 bits per heavy atom. The summed E-state index contributed by atoms with van der Waals surface area (Å²) in [5, 5.41) is 31.1. The molecule has 0 rings (SSSR count). The van der Waals surface area contributed by atoms with Crippen molar-refractivity contribution in [3.8, 4) is 0 Å². The van der Waals surface area contributed by atoms with E-state index in [1.807, 2.05) is 0 Å². The van der Waals surface area contributed by atoms with Crippen LogP contribution < -0.4 is 5.11 Å². The van der Waals surface area contributed by atoms with E-state index in [1.54, 1.807) is 0 Å². The monoisotopic (exact) mass is 471 g/mol. The van der Waals surface area contributed by atoms with Gasteiger partial charge in [-0.15, -0.1) is 0 Å². The SMILES string of the molecule is CC(=O)O.CC(=O)O.CC(=O)O.CC(=O)[O-].[Th]. The average molecular weight is 471 g/mol. The molecule has 3 N–H and O–H groups in total. The first-order valence-electron chi connectivity index (χ1n) is 3.69. The van der Waals surface area contributed by atoms with Crippen LogP contribution in [0.1, 0.15) is 27.7 Å². The van der Waals surface area contributed by atoms with E-state index in [9.17, 15) is 0 Å². The second-order valence-corrected chi connectivity index (χ2v) is 2.05. The third-order valence-corrected chi connectivity index (χ3v) is 0. The molecule has 0 aliphatic carbocycles. The molecule has 17 heavy (non-hydrogen) atoms. The van der Waals surface area contributed by atoms with Gasteiger partial charge in [0.25, 0.3) is 17.9 Å². The molecule has 0 radical (unpaired) electrons. The standard InChI is InChI=1S/4C2H4O2.Th/c4*1-2(3)4;/h4*1H3,(H,3,4);/p-1. The number of carbonyl (C=O) groups excluding carboxylic acids is 1. The Labute approximate surface area is 130 Å². The Kier molecular flexibility index (Phi) is 42.9. The van der Waals surface area contributed by atoms with Crippen LogP contribution in [0.15, 0.2) is 0 Å². The van der Waals surface area contributed by atoms with Crippen molar-refractivity contribution in [1.82, 2.24) is 0 Å². The van der Waals surface area contributed by atoms with Gasteiger partial charge < -0.3 is 25.2 Å². The van der Waals surface area contributed by atoms with Gasteiger partial charge in [0.15, 0.2) is 0 Å². The number of carbonyl (C=O) groups is 4. The first-order valence-corrected chi connectivity index (χ1v) is 3.69. The van der Waals surface area contributed by atoms with E-state index >= 15 is 0 Å². The fourth-order valence-corrected chi connectivity index (χ4v) is 0. The van der Waals surface area contributed by atoms with Gasteiger partial charge in [-0.1, -0.05) is 0 Å². The summed E-state index contributed by atoms with van der Waals surface area (Å²) < 4.78 is 0. The molecule has 0 fully saturated rings. The normalized spacial score (nSPS) is 5.88. The molecule has 0 bridgehead atoms. The molecule has 100 valence electrons. The van der Waals surface area contributed by atoms with Gasteiger partial charge in [0.05, 0.1) is 0 Å². The molecule has 0 atom stereocenters. The van der Waals surface area contributed by atoms with E-state index in [0.717, 1.165) is 27.7 Å². The van der Waals surface area contributed by atoms with Crippen molar-refractivity contribution < 1.29 is 79.5 Å². The summed E-state index contributed by atoms with van der Waals surface area (Å²) in [4.78, 5) is 35.9. The number of carboxylic acids is 4. The fourth-order valence-electron chi connectivity index (χ4n) is 0. The Balaban J connectivity index is -0.0000000369. The van der Waals surface area contributed by atoms with Gasteiger partial charge in [0.2, 0.25) is 0 Å². The van der Waals surface area contributed by atoms with Crippen LogP contribution in [-0.2, 0) is 19.2 Å². The minimum Gasteiger partial charge on any atom is -0.550 e. The summed E-state index contributed by atoms with van der Waals surface area (Å²) in [6.45, 7) is 4.22. The molecule has 0 aliphatic rings. The number of carboxylic acid groups (broad SMARTS) is 4. The minimum absolute atomic E-state index is 0. The summed E-state index contributed by atoms with van der Waals surface area (Å²) >= 11 is 0. The van der Waals surface area contributed by atoms with Crippen LogP contribution in [0.2, 0.25) is 0 Å². The molecule has 0 amide bonds. The molecule has 0 aromatic carbocycles. The zero-order valence-corrected chi connectivity index (χ0v) is 14.0. The second-order valence-electron chi connectivity index (χ2n) is 2.05. The van der Waals surface area contributed by atoms with Crippen LogP contribution in [-0.4, -0.2) is 39.2 Å². The molecule has 0 spiro atoms. The molecular formula is C8H15O8Th-. The van der Waals surface area contributed by atoms with Gasteiger partial charge in [0, 0.05) is 66.7 Å². The second kappa shape index (κ2) is 24.4. The molecular weight excluding hydrogens is 456 g/mol. The summed E-state index contributed by atoms with van der Waals surface area (Å²) in [5.41, 5.74) is 0. The van der Waals surface area contributed by atoms with Gasteiger partial charge in [-0.25, -0.2) is 0 Å². The van der Waals surface area contributed by atoms with E-state index in [0.29, 0.717) is 0 Å². The van der Waals surface area contributed by atoms with Crippen molar-refractivity contribution >= 4 is 23.9 Å². The van der Waals surface area contributed by atoms with Crippen molar-refractivity contribution in [2.24, 2.45) is 0 Å². The van der Waals surface area contributed by atoms with Crippen LogP contribution in [0.4, 0.5) is 0 Å². The Bertz CT molecular complexity index is 162. The Hall–Kier alpha value is -0.795. The van der Waals surface area contributed by atoms with Gasteiger partial charge in [-0.05, 0) is 6.92 Å². The Morgan fingerprint density at radius 2 is 0.706 bits per heavy atom. The number of rotatable bonds is 0. The van der Waals surface area contributed by atoms with Crippen LogP contribution >= 0.6 is 0 Å². The third-order valence-electron chi connectivity index (χ3n) is 0. The van der Waals surface area contributed by atoms with Gasteiger partial charge in [0.1, 0.15) is 0 Å². The van der Waals surface area contributed by atoms with Crippen LogP contribution in [0.3, 0.4) is 0 Å². The van der Waals surface area contributed by atoms with E-state index < -0.39 is 23.9 Å².